The predicted molar refractivity (Wildman–Crippen MR) is 182 cm³/mol. The highest BCUT2D eigenvalue weighted by Gasteiger charge is 2.30. The maximum Gasteiger partial charge on any atom is 0.277 e. The Morgan fingerprint density at radius 2 is 1.64 bits per heavy atom. The molecule has 47 heavy (non-hydrogen) atoms. The second kappa shape index (κ2) is 13.5. The van der Waals surface area contributed by atoms with Crippen molar-refractivity contribution in [2.75, 3.05) is 13.1 Å². The fourth-order valence-corrected chi connectivity index (χ4v) is 6.62. The zero-order valence-electron chi connectivity index (χ0n) is 26.5. The summed E-state index contributed by atoms with van der Waals surface area (Å²) < 4.78 is 3.67. The summed E-state index contributed by atoms with van der Waals surface area (Å²) >= 11 is 0. The van der Waals surface area contributed by atoms with Gasteiger partial charge in [-0.05, 0) is 59.2 Å². The first-order valence-corrected chi connectivity index (χ1v) is 16.5. The lowest BCUT2D eigenvalue weighted by Gasteiger charge is -2.31. The molecule has 1 fully saturated rings. The first-order valence-electron chi connectivity index (χ1n) is 16.5. The smallest absolute Gasteiger partial charge is 0.277 e. The first-order chi connectivity index (χ1) is 23.1. The van der Waals surface area contributed by atoms with Crippen molar-refractivity contribution in [1.29, 1.82) is 0 Å². The van der Waals surface area contributed by atoms with E-state index in [0.29, 0.717) is 36.5 Å². The lowest BCUT2D eigenvalue weighted by Crippen LogP contribution is -2.43. The van der Waals surface area contributed by atoms with E-state index in [4.69, 9.17) is 4.98 Å². The van der Waals surface area contributed by atoms with E-state index in [-0.39, 0.29) is 11.5 Å². The standard InChI is InChI=1S/C37H38N8O2/c1-2-3-16-32-38-31-21-24-44(33(28-12-6-4-7-13-28)36(46)43-22-10-5-11-23-43)37(47)34(31)45(32)25-26-17-19-27(20-18-26)29-14-8-9-15-30(29)35-39-41-42-40-35/h4,6-9,12-15,17-21,24,33H,2-3,5,10-11,16,22-23,25H2,1H3,(H,39,40,41,42). The minimum atomic E-state index is -0.743. The lowest BCUT2D eigenvalue weighted by molar-refractivity contribution is -0.134. The summed E-state index contributed by atoms with van der Waals surface area (Å²) in [4.78, 5) is 35.5. The number of nitrogens with one attached hydrogen (secondary N) is 1. The van der Waals surface area contributed by atoms with Gasteiger partial charge in [0.1, 0.15) is 17.4 Å². The molecule has 0 aliphatic carbocycles. The third kappa shape index (κ3) is 6.10. The number of piperidine rings is 1. The van der Waals surface area contributed by atoms with Crippen molar-refractivity contribution in [3.8, 4) is 22.5 Å². The van der Waals surface area contributed by atoms with E-state index >= 15 is 0 Å². The quantitative estimate of drug-likeness (QED) is 0.198. The van der Waals surface area contributed by atoms with Crippen LogP contribution >= 0.6 is 0 Å². The third-order valence-corrected chi connectivity index (χ3v) is 9.07. The van der Waals surface area contributed by atoms with Crippen LogP contribution in [0.4, 0.5) is 0 Å². The summed E-state index contributed by atoms with van der Waals surface area (Å²) in [7, 11) is 0. The van der Waals surface area contributed by atoms with Crippen molar-refractivity contribution in [2.45, 2.75) is 58.0 Å². The van der Waals surface area contributed by atoms with Gasteiger partial charge in [0.2, 0.25) is 11.7 Å². The number of aromatic nitrogens is 7. The number of aromatic amines is 1. The minimum Gasteiger partial charge on any atom is -0.341 e. The Morgan fingerprint density at radius 1 is 0.894 bits per heavy atom. The molecule has 1 saturated heterocycles. The summed E-state index contributed by atoms with van der Waals surface area (Å²) in [5.41, 5.74) is 5.75. The molecule has 1 amide bonds. The third-order valence-electron chi connectivity index (χ3n) is 9.07. The Kier molecular flexibility index (Phi) is 8.73. The van der Waals surface area contributed by atoms with Gasteiger partial charge in [0.05, 0.1) is 5.52 Å². The van der Waals surface area contributed by atoms with Gasteiger partial charge in [-0.3, -0.25) is 14.2 Å². The maximum absolute atomic E-state index is 14.5. The summed E-state index contributed by atoms with van der Waals surface area (Å²) in [5, 5.41) is 14.6. The van der Waals surface area contributed by atoms with E-state index in [1.54, 1.807) is 10.8 Å². The summed E-state index contributed by atoms with van der Waals surface area (Å²) in [6.45, 7) is 4.07. The summed E-state index contributed by atoms with van der Waals surface area (Å²) in [6.07, 6.45) is 7.58. The number of hydrogen-bond acceptors (Lipinski definition) is 6. The molecule has 0 radical (unpaired) electrons. The molecule has 3 aromatic heterocycles. The van der Waals surface area contributed by atoms with Crippen LogP contribution in [-0.4, -0.2) is 58.6 Å². The second-order valence-corrected chi connectivity index (χ2v) is 12.2. The van der Waals surface area contributed by atoms with Crippen molar-refractivity contribution in [3.05, 3.63) is 118 Å². The van der Waals surface area contributed by atoms with Crippen LogP contribution in [0.25, 0.3) is 33.5 Å². The molecule has 3 aromatic carbocycles. The van der Waals surface area contributed by atoms with Crippen molar-refractivity contribution < 1.29 is 4.79 Å². The molecule has 7 rings (SSSR count). The maximum atomic E-state index is 14.5. The minimum absolute atomic E-state index is 0.0358. The number of carbonyl (C=O) groups excluding carboxylic acids is 1. The van der Waals surface area contributed by atoms with Crippen LogP contribution < -0.4 is 5.56 Å². The number of aryl methyl sites for hydroxylation is 1. The second-order valence-electron chi connectivity index (χ2n) is 12.2. The van der Waals surface area contributed by atoms with Crippen molar-refractivity contribution >= 4 is 16.9 Å². The number of nitrogens with zero attached hydrogens (tertiary/aromatic N) is 7. The topological polar surface area (TPSA) is 115 Å². The zero-order chi connectivity index (χ0) is 32.2. The number of benzene rings is 3. The van der Waals surface area contributed by atoms with E-state index in [0.717, 1.165) is 72.2 Å². The van der Waals surface area contributed by atoms with Gasteiger partial charge in [-0.2, -0.15) is 5.21 Å². The number of rotatable bonds is 10. The molecule has 1 aliphatic heterocycles. The molecule has 10 nitrogen and oxygen atoms in total. The molecule has 6 aromatic rings. The lowest BCUT2D eigenvalue weighted by atomic mass is 9.98. The highest BCUT2D eigenvalue weighted by Crippen LogP contribution is 2.30. The number of carbonyl (C=O) groups is 1. The molecule has 10 heteroatoms. The number of fused-ring (bicyclic) bond motifs is 1. The first kappa shape index (κ1) is 30.3. The van der Waals surface area contributed by atoms with Gasteiger partial charge in [0, 0.05) is 37.8 Å². The Morgan fingerprint density at radius 3 is 2.36 bits per heavy atom. The molecule has 1 N–H and O–H groups in total. The normalized spacial score (nSPS) is 14.0. The van der Waals surface area contributed by atoms with Gasteiger partial charge >= 0.3 is 0 Å². The number of H-pyrrole nitrogens is 1. The van der Waals surface area contributed by atoms with Gasteiger partial charge in [-0.25, -0.2) is 4.98 Å². The van der Waals surface area contributed by atoms with E-state index in [1.165, 1.54) is 0 Å². The molecule has 1 atom stereocenters. The van der Waals surface area contributed by atoms with Gasteiger partial charge in [-0.15, -0.1) is 10.2 Å². The van der Waals surface area contributed by atoms with Crippen LogP contribution in [0.1, 0.15) is 62.0 Å². The van der Waals surface area contributed by atoms with Crippen LogP contribution in [0.2, 0.25) is 0 Å². The number of likely N-dealkylation sites (tertiary alicyclic amines) is 1. The summed E-state index contributed by atoms with van der Waals surface area (Å²) in [6, 6.07) is 27.1. The largest absolute Gasteiger partial charge is 0.341 e. The van der Waals surface area contributed by atoms with E-state index in [1.807, 2.05) is 65.6 Å². The Labute approximate surface area is 273 Å². The molecule has 1 unspecified atom stereocenters. The zero-order valence-corrected chi connectivity index (χ0v) is 26.5. The average molecular weight is 627 g/mol. The Hall–Kier alpha value is -5.38. The molecule has 4 heterocycles. The van der Waals surface area contributed by atoms with E-state index in [9.17, 15) is 9.59 Å². The number of unbranched alkanes of at least 4 members (excludes halogenated alkanes) is 1. The Balaban J connectivity index is 1.28. The molecule has 0 saturated carbocycles. The summed E-state index contributed by atoms with van der Waals surface area (Å²) in [5.74, 6) is 1.38. The van der Waals surface area contributed by atoms with Crippen molar-refractivity contribution in [1.82, 2.24) is 39.6 Å². The van der Waals surface area contributed by atoms with Crippen LogP contribution in [0, 0.1) is 0 Å². The number of imidazole rings is 1. The number of hydrogen-bond donors (Lipinski definition) is 1. The van der Waals surface area contributed by atoms with Gasteiger partial charge in [-0.1, -0.05) is 92.2 Å². The molecular weight excluding hydrogens is 588 g/mol. The van der Waals surface area contributed by atoms with Gasteiger partial charge in [0.25, 0.3) is 5.56 Å². The van der Waals surface area contributed by atoms with E-state index < -0.39 is 6.04 Å². The monoisotopic (exact) mass is 626 g/mol. The number of tetrazole rings is 1. The molecule has 238 valence electrons. The fourth-order valence-electron chi connectivity index (χ4n) is 6.62. The van der Waals surface area contributed by atoms with Crippen molar-refractivity contribution in [3.63, 3.8) is 0 Å². The van der Waals surface area contributed by atoms with Gasteiger partial charge in [0.15, 0.2) is 0 Å². The molecule has 0 spiro atoms. The van der Waals surface area contributed by atoms with Crippen LogP contribution in [0.5, 0.6) is 0 Å². The highest BCUT2D eigenvalue weighted by atomic mass is 16.2. The van der Waals surface area contributed by atoms with E-state index in [2.05, 4.69) is 56.4 Å². The SMILES string of the molecule is CCCCc1nc2ccn(C(C(=O)N3CCCCC3)c3ccccc3)c(=O)c2n1Cc1ccc(-c2ccccc2-c2nn[nH]n2)cc1. The average Bonchev–Trinajstić information content (AvgIpc) is 3.79. The van der Waals surface area contributed by atoms with Crippen molar-refractivity contribution in [2.24, 2.45) is 0 Å². The van der Waals surface area contributed by atoms with Gasteiger partial charge < -0.3 is 9.47 Å². The van der Waals surface area contributed by atoms with Crippen LogP contribution in [0.3, 0.4) is 0 Å². The number of pyridine rings is 1. The predicted octanol–water partition coefficient (Wildman–Crippen LogP) is 6.04. The highest BCUT2D eigenvalue weighted by molar-refractivity contribution is 5.85. The molecule has 1 aliphatic rings. The van der Waals surface area contributed by atoms with Crippen LogP contribution in [0.15, 0.2) is 95.9 Å². The van der Waals surface area contributed by atoms with Crippen LogP contribution in [-0.2, 0) is 17.8 Å². The Bertz CT molecular complexity index is 2030. The molecular formula is C37H38N8O2. The fraction of sp³-hybridized carbons (Fsp3) is 0.297. The number of amides is 1. The molecule has 0 bridgehead atoms.